The Labute approximate surface area is 228 Å². The van der Waals surface area contributed by atoms with Crippen LogP contribution in [0, 0.1) is 0 Å². The van der Waals surface area contributed by atoms with Crippen LogP contribution in [0.1, 0.15) is 80.4 Å². The van der Waals surface area contributed by atoms with E-state index in [4.69, 9.17) is 9.47 Å². The van der Waals surface area contributed by atoms with Gasteiger partial charge in [0, 0.05) is 0 Å². The summed E-state index contributed by atoms with van der Waals surface area (Å²) in [7, 11) is 0. The van der Waals surface area contributed by atoms with Gasteiger partial charge in [-0.3, -0.25) is 0 Å². The molecule has 0 radical (unpaired) electrons. The van der Waals surface area contributed by atoms with E-state index in [0.717, 1.165) is 29.4 Å². The molecule has 0 aliphatic carbocycles. The molecule has 0 atom stereocenters. The Balaban J connectivity index is 0. The molecule has 2 heteroatoms. The lowest BCUT2D eigenvalue weighted by Crippen LogP contribution is -1.90. The molecule has 2 nitrogen and oxygen atoms in total. The third kappa shape index (κ3) is 15.3. The van der Waals surface area contributed by atoms with E-state index in [1.54, 1.807) is 0 Å². The van der Waals surface area contributed by atoms with E-state index in [1.165, 1.54) is 11.1 Å². The Morgan fingerprint density at radius 1 is 0.324 bits per heavy atom. The number of benzene rings is 4. The normalized spacial score (nSPS) is 8.38. The molecule has 0 aromatic heterocycles. The van der Waals surface area contributed by atoms with E-state index in [0.29, 0.717) is 0 Å². The van der Waals surface area contributed by atoms with Gasteiger partial charge in [-0.1, -0.05) is 130 Å². The van der Waals surface area contributed by atoms with Crippen molar-refractivity contribution < 1.29 is 9.47 Å². The molecule has 4 aromatic carbocycles. The molecule has 0 unspecified atom stereocenters. The molecule has 4 aromatic rings. The van der Waals surface area contributed by atoms with Gasteiger partial charge in [-0.05, 0) is 66.1 Å². The van der Waals surface area contributed by atoms with E-state index >= 15 is 0 Å². The summed E-state index contributed by atoms with van der Waals surface area (Å²) in [5, 5.41) is 0. The molecule has 0 bridgehead atoms. The molecule has 37 heavy (non-hydrogen) atoms. The minimum Gasteiger partial charge on any atom is -0.457 e. The van der Waals surface area contributed by atoms with Crippen molar-refractivity contribution >= 4 is 0 Å². The number of para-hydroxylation sites is 2. The van der Waals surface area contributed by atoms with Crippen LogP contribution in [0.15, 0.2) is 109 Å². The third-order valence-electron chi connectivity index (χ3n) is 4.21. The lowest BCUT2D eigenvalue weighted by Gasteiger charge is -2.08. The van der Waals surface area contributed by atoms with Gasteiger partial charge in [-0.25, -0.2) is 0 Å². The highest BCUT2D eigenvalue weighted by atomic mass is 16.5. The maximum absolute atomic E-state index is 5.84. The van der Waals surface area contributed by atoms with Crippen LogP contribution in [-0.4, -0.2) is 0 Å². The Morgan fingerprint density at radius 3 is 0.838 bits per heavy atom. The minimum absolute atomic E-state index is 0.844. The smallest absolute Gasteiger partial charge is 0.127 e. The summed E-state index contributed by atoms with van der Waals surface area (Å²) >= 11 is 0. The van der Waals surface area contributed by atoms with Crippen LogP contribution in [0.2, 0.25) is 0 Å². The Kier molecular flexibility index (Phi) is 24.6. The van der Waals surface area contributed by atoms with Crippen LogP contribution in [0.4, 0.5) is 0 Å². The summed E-state index contributed by atoms with van der Waals surface area (Å²) < 4.78 is 11.7. The van der Waals surface area contributed by atoms with Crippen LogP contribution in [0.3, 0.4) is 0 Å². The lowest BCUT2D eigenvalue weighted by molar-refractivity contribution is 0.482. The number of hydrogen-bond donors (Lipinski definition) is 0. The van der Waals surface area contributed by atoms with Gasteiger partial charge in [0.25, 0.3) is 0 Å². The van der Waals surface area contributed by atoms with Crippen LogP contribution in [-0.2, 0) is 6.42 Å². The fourth-order valence-corrected chi connectivity index (χ4v) is 2.84. The van der Waals surface area contributed by atoms with E-state index in [1.807, 2.05) is 154 Å². The van der Waals surface area contributed by atoms with Crippen LogP contribution in [0.25, 0.3) is 0 Å². The van der Waals surface area contributed by atoms with Gasteiger partial charge in [0.1, 0.15) is 23.0 Å². The van der Waals surface area contributed by atoms with Crippen molar-refractivity contribution in [1.82, 2.24) is 0 Å². The molecule has 0 spiro atoms. The fraction of sp³-hybridized carbons (Fsp3) is 0.314. The quantitative estimate of drug-likeness (QED) is 0.261. The van der Waals surface area contributed by atoms with Crippen molar-refractivity contribution in [1.29, 1.82) is 0 Å². The van der Waals surface area contributed by atoms with Gasteiger partial charge in [0.2, 0.25) is 0 Å². The van der Waals surface area contributed by atoms with Crippen molar-refractivity contribution in [3.05, 3.63) is 120 Å². The van der Waals surface area contributed by atoms with Crippen LogP contribution in [0.5, 0.6) is 23.0 Å². The van der Waals surface area contributed by atoms with Gasteiger partial charge in [-0.2, -0.15) is 0 Å². The zero-order valence-corrected chi connectivity index (χ0v) is 24.9. The second-order valence-electron chi connectivity index (χ2n) is 6.29. The SMILES string of the molecule is CC.CC.CC.CC.CC.c1ccc(Oc2ccc(Cc3ccc(Oc4ccccc4)cc3)cc2)cc1. The summed E-state index contributed by atoms with van der Waals surface area (Å²) in [6.07, 6.45) is 0.872. The maximum Gasteiger partial charge on any atom is 0.127 e. The fourth-order valence-electron chi connectivity index (χ4n) is 2.84. The van der Waals surface area contributed by atoms with E-state index in [-0.39, 0.29) is 0 Å². The molecule has 4 rings (SSSR count). The Morgan fingerprint density at radius 2 is 0.568 bits per heavy atom. The number of ether oxygens (including phenoxy) is 2. The highest BCUT2D eigenvalue weighted by Crippen LogP contribution is 2.24. The zero-order chi connectivity index (χ0) is 28.3. The average molecular weight is 503 g/mol. The maximum atomic E-state index is 5.84. The average Bonchev–Trinajstić information content (AvgIpc) is 3.01. The molecule has 0 aliphatic heterocycles. The topological polar surface area (TPSA) is 18.5 Å². The second-order valence-corrected chi connectivity index (χ2v) is 6.29. The molecule has 0 N–H and O–H groups in total. The van der Waals surface area contributed by atoms with Crippen molar-refractivity contribution in [2.75, 3.05) is 0 Å². The Bertz CT molecular complexity index is 878. The van der Waals surface area contributed by atoms with Crippen molar-refractivity contribution in [2.24, 2.45) is 0 Å². The zero-order valence-electron chi connectivity index (χ0n) is 24.9. The summed E-state index contributed by atoms with van der Waals surface area (Å²) in [5.74, 6) is 3.38. The summed E-state index contributed by atoms with van der Waals surface area (Å²) in [6, 6.07) is 36.1. The van der Waals surface area contributed by atoms with Crippen molar-refractivity contribution in [3.8, 4) is 23.0 Å². The van der Waals surface area contributed by atoms with Crippen molar-refractivity contribution in [3.63, 3.8) is 0 Å². The predicted molar refractivity (Wildman–Crippen MR) is 165 cm³/mol. The summed E-state index contributed by atoms with van der Waals surface area (Å²) in [6.45, 7) is 20.0. The van der Waals surface area contributed by atoms with E-state index in [9.17, 15) is 0 Å². The summed E-state index contributed by atoms with van der Waals surface area (Å²) in [5.41, 5.74) is 2.49. The first-order chi connectivity index (χ1) is 18.3. The highest BCUT2D eigenvalue weighted by Gasteiger charge is 2.01. The van der Waals surface area contributed by atoms with Crippen LogP contribution >= 0.6 is 0 Å². The molecule has 0 fully saturated rings. The Hall–Kier alpha value is -3.52. The number of rotatable bonds is 6. The second kappa shape index (κ2) is 25.6. The van der Waals surface area contributed by atoms with Gasteiger partial charge in [0.15, 0.2) is 0 Å². The molecule has 0 heterocycles. The van der Waals surface area contributed by atoms with Gasteiger partial charge in [0.05, 0.1) is 0 Å². The molecule has 0 aliphatic rings. The van der Waals surface area contributed by atoms with Gasteiger partial charge >= 0.3 is 0 Å². The molecule has 202 valence electrons. The predicted octanol–water partition coefficient (Wildman–Crippen LogP) is 12.0. The molecule has 0 saturated heterocycles. The lowest BCUT2D eigenvalue weighted by atomic mass is 10.0. The minimum atomic E-state index is 0.844. The first-order valence-corrected chi connectivity index (χ1v) is 14.0. The van der Waals surface area contributed by atoms with Gasteiger partial charge < -0.3 is 9.47 Å². The largest absolute Gasteiger partial charge is 0.457 e. The first-order valence-electron chi connectivity index (χ1n) is 14.0. The van der Waals surface area contributed by atoms with Crippen molar-refractivity contribution in [2.45, 2.75) is 75.7 Å². The highest BCUT2D eigenvalue weighted by molar-refractivity contribution is 5.37. The standard InChI is InChI=1S/C25H20O2.5C2H6/c1-3-7-22(8-4-1)26-24-15-11-20(12-16-24)19-21-13-17-25(18-14-21)27-23-9-5-2-6-10-23;5*1-2/h1-18H,19H2;5*1-2H3. The van der Waals surface area contributed by atoms with Gasteiger partial charge in [-0.15, -0.1) is 0 Å². The molecule has 0 amide bonds. The van der Waals surface area contributed by atoms with E-state index in [2.05, 4.69) is 24.3 Å². The van der Waals surface area contributed by atoms with E-state index < -0.39 is 0 Å². The molecular weight excluding hydrogens is 452 g/mol. The monoisotopic (exact) mass is 502 g/mol. The molecular formula is C35H50O2. The summed E-state index contributed by atoms with van der Waals surface area (Å²) in [4.78, 5) is 0. The first kappa shape index (κ1) is 35.6. The number of hydrogen-bond acceptors (Lipinski definition) is 2. The molecule has 0 saturated carbocycles. The third-order valence-corrected chi connectivity index (χ3v) is 4.21. The van der Waals surface area contributed by atoms with Crippen LogP contribution < -0.4 is 9.47 Å².